The van der Waals surface area contributed by atoms with Crippen molar-refractivity contribution in [2.75, 3.05) is 0 Å². The van der Waals surface area contributed by atoms with Crippen molar-refractivity contribution >= 4 is 33.2 Å². The molecule has 5 heteroatoms. The molecule has 1 aromatic heterocycles. The average Bonchev–Trinajstić information content (AvgIpc) is 2.83. The minimum Gasteiger partial charge on any atom is -0.351 e. The second-order valence-electron chi connectivity index (χ2n) is 4.13. The Kier molecular flexibility index (Phi) is 5.13. The number of nitrogens with one attached hydrogen (secondary N) is 1. The maximum absolute atomic E-state index is 11.9. The van der Waals surface area contributed by atoms with Crippen LogP contribution in [0.25, 0.3) is 0 Å². The van der Waals surface area contributed by atoms with Crippen LogP contribution in [0, 0.1) is 0 Å². The molecular formula is C14H15BrN2OS. The van der Waals surface area contributed by atoms with Crippen molar-refractivity contribution in [3.05, 3.63) is 56.2 Å². The van der Waals surface area contributed by atoms with Gasteiger partial charge >= 0.3 is 0 Å². The van der Waals surface area contributed by atoms with Gasteiger partial charge in [0.2, 0.25) is 5.91 Å². The molecule has 0 aliphatic carbocycles. The number of carbonyl (C=O) groups excluding carboxylic acids is 1. The van der Waals surface area contributed by atoms with Crippen molar-refractivity contribution < 1.29 is 4.79 Å². The van der Waals surface area contributed by atoms with E-state index >= 15 is 0 Å². The van der Waals surface area contributed by atoms with Gasteiger partial charge in [0.15, 0.2) is 0 Å². The lowest BCUT2D eigenvalue weighted by Gasteiger charge is -2.07. The van der Waals surface area contributed by atoms with Crippen LogP contribution >= 0.6 is 27.3 Å². The van der Waals surface area contributed by atoms with E-state index in [4.69, 9.17) is 5.73 Å². The van der Waals surface area contributed by atoms with Crippen LogP contribution in [0.5, 0.6) is 0 Å². The van der Waals surface area contributed by atoms with E-state index in [0.29, 0.717) is 19.5 Å². The van der Waals surface area contributed by atoms with Crippen LogP contribution in [0.3, 0.4) is 0 Å². The molecule has 0 atom stereocenters. The van der Waals surface area contributed by atoms with Gasteiger partial charge in [0.25, 0.3) is 0 Å². The Hall–Kier alpha value is -1.17. The summed E-state index contributed by atoms with van der Waals surface area (Å²) >= 11 is 5.03. The first-order chi connectivity index (χ1) is 9.19. The highest BCUT2D eigenvalue weighted by Gasteiger charge is 2.07. The van der Waals surface area contributed by atoms with Crippen LogP contribution in [0.4, 0.5) is 0 Å². The van der Waals surface area contributed by atoms with E-state index < -0.39 is 0 Å². The van der Waals surface area contributed by atoms with Gasteiger partial charge in [-0.25, -0.2) is 0 Å². The molecular weight excluding hydrogens is 324 g/mol. The molecule has 0 spiro atoms. The molecule has 2 rings (SSSR count). The number of thiophene rings is 1. The molecule has 0 bridgehead atoms. The molecule has 0 saturated heterocycles. The minimum absolute atomic E-state index is 0.0189. The summed E-state index contributed by atoms with van der Waals surface area (Å²) in [7, 11) is 0. The molecule has 3 nitrogen and oxygen atoms in total. The lowest BCUT2D eigenvalue weighted by molar-refractivity contribution is -0.120. The molecule has 100 valence electrons. The zero-order valence-electron chi connectivity index (χ0n) is 10.4. The number of benzene rings is 1. The summed E-state index contributed by atoms with van der Waals surface area (Å²) in [6.07, 6.45) is 0.375. The molecule has 2 aromatic rings. The third-order valence-corrected chi connectivity index (χ3v) is 4.40. The van der Waals surface area contributed by atoms with E-state index in [-0.39, 0.29) is 5.91 Å². The predicted molar refractivity (Wildman–Crippen MR) is 81.9 cm³/mol. The van der Waals surface area contributed by atoms with Crippen molar-refractivity contribution in [2.45, 2.75) is 19.5 Å². The van der Waals surface area contributed by atoms with Crippen molar-refractivity contribution in [1.29, 1.82) is 0 Å². The highest BCUT2D eigenvalue weighted by atomic mass is 79.9. The number of hydrogen-bond acceptors (Lipinski definition) is 3. The van der Waals surface area contributed by atoms with E-state index in [1.807, 2.05) is 36.4 Å². The molecule has 0 unspecified atom stereocenters. The average molecular weight is 339 g/mol. The van der Waals surface area contributed by atoms with E-state index in [9.17, 15) is 4.79 Å². The fourth-order valence-corrected chi connectivity index (χ4v) is 3.22. The molecule has 19 heavy (non-hydrogen) atoms. The highest BCUT2D eigenvalue weighted by molar-refractivity contribution is 9.11. The fourth-order valence-electron chi connectivity index (χ4n) is 1.80. The molecule has 1 amide bonds. The molecule has 0 aliphatic heterocycles. The topological polar surface area (TPSA) is 55.1 Å². The number of nitrogens with two attached hydrogens (primary N) is 1. The monoisotopic (exact) mass is 338 g/mol. The zero-order chi connectivity index (χ0) is 13.7. The maximum atomic E-state index is 11.9. The van der Waals surface area contributed by atoms with Gasteiger partial charge in [-0.2, -0.15) is 0 Å². The number of halogens is 1. The number of rotatable bonds is 5. The Morgan fingerprint density at radius 3 is 2.58 bits per heavy atom. The first-order valence-electron chi connectivity index (χ1n) is 5.97. The van der Waals surface area contributed by atoms with Crippen molar-refractivity contribution in [3.63, 3.8) is 0 Å². The summed E-state index contributed by atoms with van der Waals surface area (Å²) in [5.74, 6) is 0.0189. The Morgan fingerprint density at radius 2 is 1.95 bits per heavy atom. The van der Waals surface area contributed by atoms with Crippen LogP contribution < -0.4 is 11.1 Å². The lowest BCUT2D eigenvalue weighted by Crippen LogP contribution is -2.24. The summed E-state index contributed by atoms with van der Waals surface area (Å²) in [5.41, 5.74) is 7.68. The second kappa shape index (κ2) is 6.84. The van der Waals surface area contributed by atoms with E-state index in [2.05, 4.69) is 21.2 Å². The van der Waals surface area contributed by atoms with Crippen molar-refractivity contribution in [3.8, 4) is 0 Å². The van der Waals surface area contributed by atoms with Gasteiger partial charge in [-0.3, -0.25) is 4.79 Å². The first-order valence-corrected chi connectivity index (χ1v) is 7.57. The standard InChI is InChI=1S/C14H15BrN2OS/c15-13-6-5-12(19-13)9-17-14(18)7-10-3-1-2-4-11(10)8-16/h1-6H,7-9,16H2,(H,17,18). The molecule has 0 fully saturated rings. The van der Waals surface area contributed by atoms with Gasteiger partial charge < -0.3 is 11.1 Å². The van der Waals surface area contributed by atoms with Gasteiger partial charge in [-0.15, -0.1) is 11.3 Å². The molecule has 1 heterocycles. The largest absolute Gasteiger partial charge is 0.351 e. The third kappa shape index (κ3) is 4.16. The number of carbonyl (C=O) groups is 1. The summed E-state index contributed by atoms with van der Waals surface area (Å²) < 4.78 is 1.07. The Morgan fingerprint density at radius 1 is 1.21 bits per heavy atom. The Bertz CT molecular complexity index is 568. The van der Waals surface area contributed by atoms with Crippen molar-refractivity contribution in [1.82, 2.24) is 5.32 Å². The van der Waals surface area contributed by atoms with Gasteiger partial charge in [0, 0.05) is 11.4 Å². The Labute approximate surface area is 125 Å². The van der Waals surface area contributed by atoms with Crippen LogP contribution in [-0.2, 0) is 24.3 Å². The predicted octanol–water partition coefficient (Wildman–Crippen LogP) is 2.83. The van der Waals surface area contributed by atoms with E-state index in [1.165, 1.54) is 0 Å². The summed E-state index contributed by atoms with van der Waals surface area (Å²) in [4.78, 5) is 13.0. The van der Waals surface area contributed by atoms with Gasteiger partial charge in [0.1, 0.15) is 0 Å². The minimum atomic E-state index is 0.0189. The number of hydrogen-bond donors (Lipinski definition) is 2. The zero-order valence-corrected chi connectivity index (χ0v) is 12.8. The Balaban J connectivity index is 1.90. The van der Waals surface area contributed by atoms with E-state index in [1.54, 1.807) is 11.3 Å². The summed E-state index contributed by atoms with van der Waals surface area (Å²) in [6.45, 7) is 1.03. The normalized spacial score (nSPS) is 10.4. The van der Waals surface area contributed by atoms with Crippen molar-refractivity contribution in [2.24, 2.45) is 5.73 Å². The molecule has 0 aliphatic rings. The second-order valence-corrected chi connectivity index (χ2v) is 6.68. The van der Waals surface area contributed by atoms with Crippen LogP contribution in [0.15, 0.2) is 40.2 Å². The van der Waals surface area contributed by atoms with Crippen LogP contribution in [0.2, 0.25) is 0 Å². The fraction of sp³-hybridized carbons (Fsp3) is 0.214. The lowest BCUT2D eigenvalue weighted by atomic mass is 10.0. The first kappa shape index (κ1) is 14.2. The van der Waals surface area contributed by atoms with Crippen LogP contribution in [-0.4, -0.2) is 5.91 Å². The summed E-state index contributed by atoms with van der Waals surface area (Å²) in [5, 5.41) is 2.92. The van der Waals surface area contributed by atoms with Gasteiger partial charge in [0.05, 0.1) is 16.8 Å². The van der Waals surface area contributed by atoms with Gasteiger partial charge in [-0.05, 0) is 39.2 Å². The smallest absolute Gasteiger partial charge is 0.224 e. The third-order valence-electron chi connectivity index (χ3n) is 2.78. The molecule has 0 saturated carbocycles. The quantitative estimate of drug-likeness (QED) is 0.880. The number of amides is 1. The molecule has 3 N–H and O–H groups in total. The van der Waals surface area contributed by atoms with Crippen LogP contribution in [0.1, 0.15) is 16.0 Å². The SMILES string of the molecule is NCc1ccccc1CC(=O)NCc1ccc(Br)s1. The summed E-state index contributed by atoms with van der Waals surface area (Å²) in [6, 6.07) is 11.8. The highest BCUT2D eigenvalue weighted by Crippen LogP contribution is 2.21. The molecule has 0 radical (unpaired) electrons. The van der Waals surface area contributed by atoms with Gasteiger partial charge in [-0.1, -0.05) is 24.3 Å². The van der Waals surface area contributed by atoms with E-state index in [0.717, 1.165) is 19.8 Å². The molecule has 1 aromatic carbocycles. The maximum Gasteiger partial charge on any atom is 0.224 e.